The predicted octanol–water partition coefficient (Wildman–Crippen LogP) is 2.78. The van der Waals surface area contributed by atoms with Crippen LogP contribution in [0.2, 0.25) is 0 Å². The van der Waals surface area contributed by atoms with Gasteiger partial charge < -0.3 is 19.8 Å². The van der Waals surface area contributed by atoms with Crippen molar-refractivity contribution < 1.29 is 23.1 Å². The molecular formula is C15H15FN2O4. The second kappa shape index (κ2) is 6.86. The van der Waals surface area contributed by atoms with E-state index in [2.05, 4.69) is 10.6 Å². The van der Waals surface area contributed by atoms with Crippen molar-refractivity contribution in [1.29, 1.82) is 0 Å². The number of hydrogen-bond donors (Lipinski definition) is 2. The fraction of sp³-hybridized carbons (Fsp3) is 0.200. The number of carbonyl (C=O) groups excluding carboxylic acids is 2. The molecule has 0 radical (unpaired) electrons. The summed E-state index contributed by atoms with van der Waals surface area (Å²) in [5.41, 5.74) is 0.324. The molecule has 116 valence electrons. The van der Waals surface area contributed by atoms with Crippen LogP contribution in [-0.4, -0.2) is 18.9 Å². The number of hydrogen-bond acceptors (Lipinski definition) is 4. The minimum absolute atomic E-state index is 0.0383. The van der Waals surface area contributed by atoms with Crippen molar-refractivity contribution in [2.45, 2.75) is 13.5 Å². The molecule has 0 bridgehead atoms. The highest BCUT2D eigenvalue weighted by Gasteiger charge is 2.14. The van der Waals surface area contributed by atoms with Gasteiger partial charge in [-0.25, -0.2) is 4.39 Å². The van der Waals surface area contributed by atoms with Gasteiger partial charge in [0.15, 0.2) is 5.76 Å². The first-order chi connectivity index (χ1) is 10.5. The number of rotatable bonds is 5. The monoisotopic (exact) mass is 306 g/mol. The van der Waals surface area contributed by atoms with Crippen LogP contribution in [0.3, 0.4) is 0 Å². The molecule has 0 unspecified atom stereocenters. The molecule has 0 aliphatic carbocycles. The Kier molecular flexibility index (Phi) is 4.90. The van der Waals surface area contributed by atoms with Crippen LogP contribution in [0.25, 0.3) is 0 Å². The maximum absolute atomic E-state index is 13.7. The van der Waals surface area contributed by atoms with Crippen molar-refractivity contribution in [2.75, 3.05) is 17.7 Å². The van der Waals surface area contributed by atoms with Gasteiger partial charge in [-0.3, -0.25) is 9.59 Å². The molecule has 1 aromatic heterocycles. The molecule has 6 nitrogen and oxygen atoms in total. The smallest absolute Gasteiger partial charge is 0.291 e. The van der Waals surface area contributed by atoms with Crippen LogP contribution < -0.4 is 10.6 Å². The first-order valence-corrected chi connectivity index (χ1v) is 6.45. The first kappa shape index (κ1) is 15.7. The summed E-state index contributed by atoms with van der Waals surface area (Å²) in [4.78, 5) is 23.0. The molecule has 0 aliphatic rings. The Hall–Kier alpha value is -2.67. The standard InChI is InChI=1S/C15H15FN2O4/c1-9(19)17-10-3-5-12(16)13(7-10)18-15(20)14-6-4-11(22-14)8-21-2/h3-7H,8H2,1-2H3,(H,17,19)(H,18,20). The Bertz CT molecular complexity index is 697. The summed E-state index contributed by atoms with van der Waals surface area (Å²) in [7, 11) is 1.51. The first-order valence-electron chi connectivity index (χ1n) is 6.45. The molecular weight excluding hydrogens is 291 g/mol. The van der Waals surface area contributed by atoms with Crippen LogP contribution in [0.5, 0.6) is 0 Å². The zero-order valence-electron chi connectivity index (χ0n) is 12.1. The molecule has 0 saturated heterocycles. The fourth-order valence-electron chi connectivity index (χ4n) is 1.81. The molecule has 1 heterocycles. The van der Waals surface area contributed by atoms with E-state index >= 15 is 0 Å². The third-order valence-electron chi connectivity index (χ3n) is 2.71. The molecule has 0 saturated carbocycles. The molecule has 2 aromatic rings. The Labute approximate surface area is 126 Å². The summed E-state index contributed by atoms with van der Waals surface area (Å²) in [5, 5.41) is 4.91. The van der Waals surface area contributed by atoms with Crippen molar-refractivity contribution >= 4 is 23.2 Å². The summed E-state index contributed by atoms with van der Waals surface area (Å²) < 4.78 is 23.9. The van der Waals surface area contributed by atoms with E-state index in [-0.39, 0.29) is 24.0 Å². The van der Waals surface area contributed by atoms with Gasteiger partial charge in [0.1, 0.15) is 18.2 Å². The Morgan fingerprint density at radius 2 is 2.00 bits per heavy atom. The summed E-state index contributed by atoms with van der Waals surface area (Å²) in [5.74, 6) is -0.983. The van der Waals surface area contributed by atoms with E-state index in [9.17, 15) is 14.0 Å². The minimum atomic E-state index is -0.619. The Morgan fingerprint density at radius 1 is 1.23 bits per heavy atom. The van der Waals surface area contributed by atoms with Crippen LogP contribution >= 0.6 is 0 Å². The van der Waals surface area contributed by atoms with E-state index in [1.54, 1.807) is 6.07 Å². The van der Waals surface area contributed by atoms with E-state index in [4.69, 9.17) is 9.15 Å². The SMILES string of the molecule is COCc1ccc(C(=O)Nc2cc(NC(C)=O)ccc2F)o1. The van der Waals surface area contributed by atoms with E-state index in [0.717, 1.165) is 6.07 Å². The second-order valence-electron chi connectivity index (χ2n) is 4.53. The third-order valence-corrected chi connectivity index (χ3v) is 2.71. The molecule has 2 amide bonds. The van der Waals surface area contributed by atoms with Gasteiger partial charge in [0, 0.05) is 19.7 Å². The fourth-order valence-corrected chi connectivity index (χ4v) is 1.81. The maximum Gasteiger partial charge on any atom is 0.291 e. The summed E-state index contributed by atoms with van der Waals surface area (Å²) in [6.07, 6.45) is 0. The zero-order chi connectivity index (χ0) is 16.1. The lowest BCUT2D eigenvalue weighted by Crippen LogP contribution is -2.13. The highest BCUT2D eigenvalue weighted by molar-refractivity contribution is 6.02. The quantitative estimate of drug-likeness (QED) is 0.890. The predicted molar refractivity (Wildman–Crippen MR) is 78.1 cm³/mol. The second-order valence-corrected chi connectivity index (χ2v) is 4.53. The van der Waals surface area contributed by atoms with E-state index in [0.29, 0.717) is 11.4 Å². The van der Waals surface area contributed by atoms with E-state index in [1.165, 1.54) is 32.2 Å². The van der Waals surface area contributed by atoms with Gasteiger partial charge in [0.2, 0.25) is 5.91 Å². The highest BCUT2D eigenvalue weighted by atomic mass is 19.1. The van der Waals surface area contributed by atoms with Crippen LogP contribution in [0, 0.1) is 5.82 Å². The summed E-state index contributed by atoms with van der Waals surface area (Å²) in [6.45, 7) is 1.57. The van der Waals surface area contributed by atoms with Crippen molar-refractivity contribution in [3.8, 4) is 0 Å². The molecule has 1 aromatic carbocycles. The molecule has 7 heteroatoms. The van der Waals surface area contributed by atoms with Crippen molar-refractivity contribution in [1.82, 2.24) is 0 Å². The van der Waals surface area contributed by atoms with Gasteiger partial charge in [-0.1, -0.05) is 0 Å². The minimum Gasteiger partial charge on any atom is -0.453 e. The van der Waals surface area contributed by atoms with Crippen LogP contribution in [0.4, 0.5) is 15.8 Å². The molecule has 22 heavy (non-hydrogen) atoms. The van der Waals surface area contributed by atoms with Crippen molar-refractivity contribution in [3.63, 3.8) is 0 Å². The maximum atomic E-state index is 13.7. The normalized spacial score (nSPS) is 10.3. The topological polar surface area (TPSA) is 80.6 Å². The molecule has 0 atom stereocenters. The lowest BCUT2D eigenvalue weighted by Gasteiger charge is -2.08. The molecule has 2 N–H and O–H groups in total. The number of anilines is 2. The number of halogens is 1. The molecule has 0 aliphatic heterocycles. The highest BCUT2D eigenvalue weighted by Crippen LogP contribution is 2.21. The number of benzene rings is 1. The van der Waals surface area contributed by atoms with Crippen LogP contribution in [0.1, 0.15) is 23.2 Å². The molecule has 2 rings (SSSR count). The van der Waals surface area contributed by atoms with Crippen molar-refractivity contribution in [3.05, 3.63) is 47.7 Å². The average Bonchev–Trinajstić information content (AvgIpc) is 2.91. The Balaban J connectivity index is 2.14. The lowest BCUT2D eigenvalue weighted by molar-refractivity contribution is -0.114. The largest absolute Gasteiger partial charge is 0.453 e. The number of ether oxygens (including phenoxy) is 1. The lowest BCUT2D eigenvalue weighted by atomic mass is 10.2. The average molecular weight is 306 g/mol. The third kappa shape index (κ3) is 3.92. The Morgan fingerprint density at radius 3 is 2.68 bits per heavy atom. The summed E-state index contributed by atoms with van der Waals surface area (Å²) >= 11 is 0. The van der Waals surface area contributed by atoms with Gasteiger partial charge >= 0.3 is 0 Å². The number of furan rings is 1. The number of nitrogens with one attached hydrogen (secondary N) is 2. The van der Waals surface area contributed by atoms with E-state index in [1.807, 2.05) is 0 Å². The van der Waals surface area contributed by atoms with Crippen LogP contribution in [-0.2, 0) is 16.1 Å². The van der Waals surface area contributed by atoms with Gasteiger partial charge in [0.25, 0.3) is 5.91 Å². The number of methoxy groups -OCH3 is 1. The van der Waals surface area contributed by atoms with Gasteiger partial charge in [-0.15, -0.1) is 0 Å². The molecule has 0 spiro atoms. The molecule has 0 fully saturated rings. The van der Waals surface area contributed by atoms with Gasteiger partial charge in [-0.05, 0) is 30.3 Å². The van der Waals surface area contributed by atoms with Crippen molar-refractivity contribution in [2.24, 2.45) is 0 Å². The van der Waals surface area contributed by atoms with Crippen LogP contribution in [0.15, 0.2) is 34.7 Å². The summed E-state index contributed by atoms with van der Waals surface area (Å²) in [6, 6.07) is 6.95. The van der Waals surface area contributed by atoms with E-state index < -0.39 is 11.7 Å². The number of carbonyl (C=O) groups is 2. The number of amides is 2. The van der Waals surface area contributed by atoms with Gasteiger partial charge in [-0.2, -0.15) is 0 Å². The zero-order valence-corrected chi connectivity index (χ0v) is 12.1. The van der Waals surface area contributed by atoms with Gasteiger partial charge in [0.05, 0.1) is 5.69 Å².